The van der Waals surface area contributed by atoms with E-state index in [9.17, 15) is 14.4 Å². The van der Waals surface area contributed by atoms with Crippen LogP contribution in [0.4, 0.5) is 5.00 Å². The highest BCUT2D eigenvalue weighted by Crippen LogP contribution is 2.36. The van der Waals surface area contributed by atoms with Gasteiger partial charge in [0.05, 0.1) is 29.7 Å². The number of hydrogen-bond donors (Lipinski definition) is 1. The minimum absolute atomic E-state index is 0.135. The Balaban J connectivity index is 2.08. The van der Waals surface area contributed by atoms with Crippen molar-refractivity contribution < 1.29 is 19.1 Å². The van der Waals surface area contributed by atoms with Crippen molar-refractivity contribution in [2.24, 2.45) is 0 Å². The van der Waals surface area contributed by atoms with Crippen molar-refractivity contribution in [1.82, 2.24) is 9.55 Å². The number of fused-ring (bicyclic) bond motifs is 1. The van der Waals surface area contributed by atoms with Gasteiger partial charge in [0.15, 0.2) is 5.16 Å². The quantitative estimate of drug-likeness (QED) is 0.292. The fourth-order valence-corrected chi connectivity index (χ4v) is 5.45. The molecule has 10 heteroatoms. The molecule has 0 aliphatic rings. The van der Waals surface area contributed by atoms with E-state index in [2.05, 4.69) is 4.98 Å². The number of hydrogen-bond acceptors (Lipinski definition) is 9. The van der Waals surface area contributed by atoms with Crippen LogP contribution in [0.25, 0.3) is 10.9 Å². The van der Waals surface area contributed by atoms with Crippen LogP contribution in [0, 0.1) is 0 Å². The molecular weight excluding hydrogens is 450 g/mol. The maximum absolute atomic E-state index is 13.1. The van der Waals surface area contributed by atoms with E-state index in [1.54, 1.807) is 36.6 Å². The highest BCUT2D eigenvalue weighted by molar-refractivity contribution is 7.98. The topological polar surface area (TPSA) is 114 Å². The van der Waals surface area contributed by atoms with E-state index in [0.717, 1.165) is 11.3 Å². The van der Waals surface area contributed by atoms with E-state index in [0.29, 0.717) is 21.6 Å². The second kappa shape index (κ2) is 10.2. The van der Waals surface area contributed by atoms with Crippen LogP contribution in [0.3, 0.4) is 0 Å². The number of carbonyl (C=O) groups is 2. The molecule has 2 N–H and O–H groups in total. The van der Waals surface area contributed by atoms with Crippen molar-refractivity contribution >= 4 is 50.9 Å². The average molecular weight is 476 g/mol. The lowest BCUT2D eigenvalue weighted by Crippen LogP contribution is -2.25. The van der Waals surface area contributed by atoms with E-state index in [1.807, 2.05) is 19.9 Å². The standard InChI is InChI=1S/C22H25N3O5S2/c1-5-29-20(27)16-14(17(32-18(16)23)21(28)30-6-2)11-31-22-24-15-10-8-7-9-13(15)19(26)25(22)12(3)4/h7-10,12H,5-6,11,23H2,1-4H3. The molecular formula is C22H25N3O5S2. The third-order valence-corrected chi connectivity index (χ3v) is 6.63. The molecule has 32 heavy (non-hydrogen) atoms. The fourth-order valence-electron chi connectivity index (χ4n) is 3.23. The van der Waals surface area contributed by atoms with Gasteiger partial charge in [0.2, 0.25) is 0 Å². The largest absolute Gasteiger partial charge is 0.462 e. The van der Waals surface area contributed by atoms with Crippen LogP contribution < -0.4 is 11.3 Å². The van der Waals surface area contributed by atoms with Gasteiger partial charge in [0, 0.05) is 17.4 Å². The van der Waals surface area contributed by atoms with Gasteiger partial charge in [-0.05, 0) is 39.8 Å². The zero-order chi connectivity index (χ0) is 23.4. The molecule has 170 valence electrons. The van der Waals surface area contributed by atoms with Crippen LogP contribution >= 0.6 is 23.1 Å². The van der Waals surface area contributed by atoms with Crippen molar-refractivity contribution in [3.63, 3.8) is 0 Å². The van der Waals surface area contributed by atoms with Gasteiger partial charge in [-0.25, -0.2) is 14.6 Å². The Bertz CT molecular complexity index is 1220. The van der Waals surface area contributed by atoms with E-state index >= 15 is 0 Å². The normalized spacial score (nSPS) is 11.2. The first-order valence-electron chi connectivity index (χ1n) is 10.2. The molecule has 2 heterocycles. The number of carbonyl (C=O) groups excluding carboxylic acids is 2. The third kappa shape index (κ3) is 4.66. The molecule has 2 aromatic heterocycles. The molecule has 3 aromatic rings. The predicted octanol–water partition coefficient (Wildman–Crippen LogP) is 4.27. The van der Waals surface area contributed by atoms with Crippen LogP contribution in [0.15, 0.2) is 34.2 Å². The van der Waals surface area contributed by atoms with Gasteiger partial charge in [0.25, 0.3) is 5.56 Å². The monoisotopic (exact) mass is 475 g/mol. The lowest BCUT2D eigenvalue weighted by Gasteiger charge is -2.16. The van der Waals surface area contributed by atoms with Gasteiger partial charge in [-0.1, -0.05) is 23.9 Å². The van der Waals surface area contributed by atoms with E-state index < -0.39 is 11.9 Å². The molecule has 0 radical (unpaired) electrons. The van der Waals surface area contributed by atoms with Crippen LogP contribution in [0.1, 0.15) is 59.3 Å². The molecule has 8 nitrogen and oxygen atoms in total. The summed E-state index contributed by atoms with van der Waals surface area (Å²) in [6, 6.07) is 7.01. The Kier molecular flexibility index (Phi) is 7.57. The maximum Gasteiger partial charge on any atom is 0.348 e. The molecule has 0 amide bonds. The number of para-hydroxylation sites is 1. The Morgan fingerprint density at radius 3 is 2.47 bits per heavy atom. The minimum Gasteiger partial charge on any atom is -0.462 e. The van der Waals surface area contributed by atoms with E-state index in [-0.39, 0.29) is 46.0 Å². The van der Waals surface area contributed by atoms with Crippen LogP contribution in [-0.4, -0.2) is 34.7 Å². The number of thiophene rings is 1. The van der Waals surface area contributed by atoms with Gasteiger partial charge in [-0.3, -0.25) is 9.36 Å². The summed E-state index contributed by atoms with van der Waals surface area (Å²) < 4.78 is 11.9. The molecule has 0 unspecified atom stereocenters. The fraction of sp³-hybridized carbons (Fsp3) is 0.364. The summed E-state index contributed by atoms with van der Waals surface area (Å²) in [5, 5.41) is 1.21. The number of thioether (sulfide) groups is 1. The van der Waals surface area contributed by atoms with Crippen molar-refractivity contribution in [2.45, 2.75) is 44.6 Å². The average Bonchev–Trinajstić information content (AvgIpc) is 3.08. The van der Waals surface area contributed by atoms with Gasteiger partial charge < -0.3 is 15.2 Å². The van der Waals surface area contributed by atoms with Gasteiger partial charge >= 0.3 is 11.9 Å². The zero-order valence-corrected chi connectivity index (χ0v) is 20.0. The Labute approximate surface area is 193 Å². The number of nitrogen functional groups attached to an aromatic ring is 1. The minimum atomic E-state index is -0.597. The summed E-state index contributed by atoms with van der Waals surface area (Å²) in [6.07, 6.45) is 0. The van der Waals surface area contributed by atoms with Crippen molar-refractivity contribution in [1.29, 1.82) is 0 Å². The smallest absolute Gasteiger partial charge is 0.348 e. The van der Waals surface area contributed by atoms with Gasteiger partial charge in [-0.15, -0.1) is 11.3 Å². The number of ether oxygens (including phenoxy) is 2. The van der Waals surface area contributed by atoms with Crippen LogP contribution in [0.5, 0.6) is 0 Å². The number of anilines is 1. The third-order valence-electron chi connectivity index (χ3n) is 4.61. The molecule has 3 rings (SSSR count). The predicted molar refractivity (Wildman–Crippen MR) is 127 cm³/mol. The summed E-state index contributed by atoms with van der Waals surface area (Å²) in [5.41, 5.74) is 7.10. The number of esters is 2. The lowest BCUT2D eigenvalue weighted by molar-refractivity contribution is 0.0527. The summed E-state index contributed by atoms with van der Waals surface area (Å²) in [6.45, 7) is 7.57. The lowest BCUT2D eigenvalue weighted by atomic mass is 10.1. The molecule has 0 bridgehead atoms. The molecule has 0 spiro atoms. The summed E-state index contributed by atoms with van der Waals surface area (Å²) in [4.78, 5) is 43.1. The number of nitrogens with zero attached hydrogens (tertiary/aromatic N) is 2. The number of rotatable bonds is 8. The van der Waals surface area contributed by atoms with E-state index in [1.165, 1.54) is 11.8 Å². The number of aromatic nitrogens is 2. The first-order valence-corrected chi connectivity index (χ1v) is 12.0. The number of nitrogens with two attached hydrogens (primary N) is 1. The van der Waals surface area contributed by atoms with Crippen molar-refractivity contribution in [2.75, 3.05) is 18.9 Å². The summed E-state index contributed by atoms with van der Waals surface area (Å²) in [7, 11) is 0. The van der Waals surface area contributed by atoms with Gasteiger partial charge in [-0.2, -0.15) is 0 Å². The molecule has 1 aromatic carbocycles. The first kappa shape index (κ1) is 23.8. The molecule has 0 atom stereocenters. The molecule has 0 aliphatic carbocycles. The van der Waals surface area contributed by atoms with Crippen molar-refractivity contribution in [3.05, 3.63) is 50.6 Å². The second-order valence-corrected chi connectivity index (χ2v) is 9.05. The number of benzene rings is 1. The Hall–Kier alpha value is -2.85. The summed E-state index contributed by atoms with van der Waals surface area (Å²) >= 11 is 2.25. The first-order chi connectivity index (χ1) is 15.3. The van der Waals surface area contributed by atoms with Crippen LogP contribution in [-0.2, 0) is 15.2 Å². The maximum atomic E-state index is 13.1. The molecule has 0 aliphatic heterocycles. The molecule has 0 saturated carbocycles. The molecule has 0 saturated heterocycles. The van der Waals surface area contributed by atoms with Crippen molar-refractivity contribution in [3.8, 4) is 0 Å². The summed E-state index contributed by atoms with van der Waals surface area (Å²) in [5.74, 6) is -0.962. The van der Waals surface area contributed by atoms with Gasteiger partial charge in [0.1, 0.15) is 9.88 Å². The second-order valence-electron chi connectivity index (χ2n) is 7.06. The van der Waals surface area contributed by atoms with E-state index in [4.69, 9.17) is 15.2 Å². The Morgan fingerprint density at radius 1 is 1.16 bits per heavy atom. The Morgan fingerprint density at radius 2 is 1.81 bits per heavy atom. The highest BCUT2D eigenvalue weighted by Gasteiger charge is 2.28. The van der Waals surface area contributed by atoms with Crippen LogP contribution in [0.2, 0.25) is 0 Å². The SMILES string of the molecule is CCOC(=O)c1sc(N)c(C(=O)OCC)c1CSc1nc2ccccc2c(=O)n1C(C)C. The molecule has 0 fully saturated rings. The zero-order valence-electron chi connectivity index (χ0n) is 18.3. The highest BCUT2D eigenvalue weighted by atomic mass is 32.2.